The fourth-order valence-electron chi connectivity index (χ4n) is 22.1. The molecule has 0 unspecified atom stereocenters. The zero-order valence-electron chi connectivity index (χ0n) is 69.7. The molecule has 14 heterocycles. The predicted molar refractivity (Wildman–Crippen MR) is 536 cm³/mol. The van der Waals surface area contributed by atoms with Crippen LogP contribution < -0.4 is 0 Å². The molecule has 17 aromatic carbocycles. The summed E-state index contributed by atoms with van der Waals surface area (Å²) in [5.74, 6) is 2.01. The molecule has 0 saturated heterocycles. The SMILES string of the molecule is Cc1nc(-n2c3cc4ccccc4cc3c3cc4c5ccccc5n5c6ccccc6c(c32)c45)nc2ccccc12.[C-]#[N+]c1ccc(-c2nc(-n3c4cc5ccccc5cc4c4cc5c6ccccc6n6c7ccccc7c(c43)c56)nc3cccnc23)cc1.[C-]#[N+]c1nc(-n2c3cc4ccccc4cc3c3cc4c5ccccc5n5c6ccccc6c(c32)c45)nc2cccnc12. The van der Waals surface area contributed by atoms with Crippen LogP contribution in [0.3, 0.4) is 0 Å². The lowest BCUT2D eigenvalue weighted by Crippen LogP contribution is -2.04. The van der Waals surface area contributed by atoms with Gasteiger partial charge in [-0.1, -0.05) is 236 Å². The van der Waals surface area contributed by atoms with E-state index in [1.807, 2.05) is 48.5 Å². The van der Waals surface area contributed by atoms with E-state index in [1.165, 1.54) is 141 Å². The number of para-hydroxylation sites is 7. The quantitative estimate of drug-likeness (QED) is 0.159. The van der Waals surface area contributed by atoms with E-state index in [2.05, 4.69) is 346 Å². The van der Waals surface area contributed by atoms with Gasteiger partial charge in [0.05, 0.1) is 112 Å². The van der Waals surface area contributed by atoms with Crippen molar-refractivity contribution in [1.82, 2.24) is 66.8 Å². The number of benzene rings is 17. The Morgan fingerprint density at radius 2 is 0.557 bits per heavy atom. The molecule has 31 aromatic rings. The van der Waals surface area contributed by atoms with Crippen molar-refractivity contribution in [2.24, 2.45) is 0 Å². The number of pyridine rings is 2. The molecule has 0 atom stereocenters. The molecule has 0 radical (unpaired) electrons. The Hall–Kier alpha value is -18.4. The van der Waals surface area contributed by atoms with Crippen LogP contribution in [0.5, 0.6) is 0 Å². The molecule has 602 valence electrons. The van der Waals surface area contributed by atoms with Gasteiger partial charge in [-0.2, -0.15) is 4.98 Å². The van der Waals surface area contributed by atoms with Gasteiger partial charge in [-0.3, -0.25) is 23.7 Å². The lowest BCUT2D eigenvalue weighted by molar-refractivity contribution is 0.992. The molecule has 0 spiro atoms. The summed E-state index contributed by atoms with van der Waals surface area (Å²) in [7, 11) is 0. The molecule has 0 amide bonds. The first kappa shape index (κ1) is 71.0. The fourth-order valence-corrected chi connectivity index (χ4v) is 22.1. The Morgan fingerprint density at radius 1 is 0.237 bits per heavy atom. The number of hydrogen-bond acceptors (Lipinski definition) is 8. The highest BCUT2D eigenvalue weighted by Gasteiger charge is 2.32. The summed E-state index contributed by atoms with van der Waals surface area (Å²) in [6.07, 6.45) is 3.46. The molecule has 0 fully saturated rings. The van der Waals surface area contributed by atoms with E-state index in [0.29, 0.717) is 34.6 Å². The van der Waals surface area contributed by atoms with Gasteiger partial charge in [0.25, 0.3) is 0 Å². The monoisotopic (exact) mass is 1670 g/mol. The number of aromatic nitrogens is 14. The Morgan fingerprint density at radius 3 is 0.969 bits per heavy atom. The first-order chi connectivity index (χ1) is 64.8. The number of nitrogens with zero attached hydrogens (tertiary/aromatic N) is 16. The van der Waals surface area contributed by atoms with Crippen LogP contribution in [0.1, 0.15) is 5.69 Å². The third kappa shape index (κ3) is 9.71. The zero-order valence-corrected chi connectivity index (χ0v) is 69.7. The van der Waals surface area contributed by atoms with E-state index < -0.39 is 0 Å². The Bertz CT molecular complexity index is 10600. The molecule has 0 N–H and O–H groups in total. The summed E-state index contributed by atoms with van der Waals surface area (Å²) in [5.41, 5.74) is 24.1. The van der Waals surface area contributed by atoms with Crippen LogP contribution in [-0.4, -0.2) is 66.8 Å². The van der Waals surface area contributed by atoms with Crippen molar-refractivity contribution in [3.8, 4) is 29.1 Å². The molecular formula is C115H62N16. The number of rotatable bonds is 4. The van der Waals surface area contributed by atoms with Crippen molar-refractivity contribution in [2.45, 2.75) is 6.92 Å². The third-order valence-electron chi connectivity index (χ3n) is 27.5. The first-order valence-electron chi connectivity index (χ1n) is 43.8. The third-order valence-corrected chi connectivity index (χ3v) is 27.5. The number of aryl methyl sites for hydroxylation is 1. The van der Waals surface area contributed by atoms with Crippen molar-refractivity contribution in [3.63, 3.8) is 0 Å². The van der Waals surface area contributed by atoms with Gasteiger partial charge in [0.15, 0.2) is 5.69 Å². The molecule has 16 heteroatoms. The molecular weight excluding hydrogens is 1610 g/mol. The Kier molecular flexibility index (Phi) is 14.3. The van der Waals surface area contributed by atoms with Crippen LogP contribution in [0.2, 0.25) is 0 Å². The highest BCUT2D eigenvalue weighted by molar-refractivity contribution is 6.38. The van der Waals surface area contributed by atoms with Crippen LogP contribution in [0, 0.1) is 20.1 Å². The maximum absolute atomic E-state index is 7.92. The minimum atomic E-state index is 0.249. The van der Waals surface area contributed by atoms with E-state index in [-0.39, 0.29) is 5.82 Å². The Balaban J connectivity index is 0.0000000969. The summed E-state index contributed by atoms with van der Waals surface area (Å²) < 4.78 is 14.0. The maximum atomic E-state index is 7.92. The fraction of sp³-hybridized carbons (Fsp3) is 0.00870. The number of hydrogen-bond donors (Lipinski definition) is 0. The molecule has 0 aliphatic heterocycles. The van der Waals surface area contributed by atoms with E-state index in [0.717, 1.165) is 110 Å². The molecule has 0 aliphatic rings. The second-order valence-electron chi connectivity index (χ2n) is 34.3. The van der Waals surface area contributed by atoms with Gasteiger partial charge in [0.1, 0.15) is 16.7 Å². The van der Waals surface area contributed by atoms with Crippen LogP contribution in [0.25, 0.3) is 284 Å². The van der Waals surface area contributed by atoms with E-state index in [1.54, 1.807) is 12.4 Å². The maximum Gasteiger partial charge on any atom is 0.332 e. The molecule has 131 heavy (non-hydrogen) atoms. The summed E-state index contributed by atoms with van der Waals surface area (Å²) >= 11 is 0. The molecule has 31 rings (SSSR count). The van der Waals surface area contributed by atoms with E-state index in [9.17, 15) is 0 Å². The summed E-state index contributed by atoms with van der Waals surface area (Å²) in [5, 5.41) is 29.9. The topological polar surface area (TPSA) is 140 Å². The van der Waals surface area contributed by atoms with Gasteiger partial charge in [-0.05, 0) is 161 Å². The molecule has 14 aromatic heterocycles. The molecule has 16 nitrogen and oxygen atoms in total. The van der Waals surface area contributed by atoms with Gasteiger partial charge >= 0.3 is 11.8 Å². The first-order valence-corrected chi connectivity index (χ1v) is 43.8. The summed E-state index contributed by atoms with van der Waals surface area (Å²) in [6, 6.07) is 122. The van der Waals surface area contributed by atoms with E-state index in [4.69, 9.17) is 48.0 Å². The minimum Gasteiger partial charge on any atom is -0.359 e. The van der Waals surface area contributed by atoms with Crippen molar-refractivity contribution >= 4 is 256 Å². The van der Waals surface area contributed by atoms with Crippen molar-refractivity contribution in [2.75, 3.05) is 0 Å². The molecule has 0 bridgehead atoms. The van der Waals surface area contributed by atoms with Crippen LogP contribution in [0.4, 0.5) is 11.5 Å². The Labute approximate surface area is 741 Å². The summed E-state index contributed by atoms with van der Waals surface area (Å²) in [6.45, 7) is 17.5. The minimum absolute atomic E-state index is 0.249. The second kappa shape index (κ2) is 26.4. The second-order valence-corrected chi connectivity index (χ2v) is 34.3. The largest absolute Gasteiger partial charge is 0.359 e. The smallest absolute Gasteiger partial charge is 0.332 e. The number of fused-ring (bicyclic) bond motifs is 36. The lowest BCUT2D eigenvalue weighted by Gasteiger charge is -2.12. The van der Waals surface area contributed by atoms with Gasteiger partial charge < -0.3 is 18.0 Å². The van der Waals surface area contributed by atoms with Gasteiger partial charge in [0, 0.05) is 120 Å². The average Bonchev–Trinajstić information content (AvgIpc) is 1.52. The summed E-state index contributed by atoms with van der Waals surface area (Å²) in [4.78, 5) is 47.2. The van der Waals surface area contributed by atoms with Gasteiger partial charge in [0.2, 0.25) is 11.9 Å². The van der Waals surface area contributed by atoms with Crippen LogP contribution >= 0.6 is 0 Å². The standard InChI is InChI=1S/C42H22N6.C37H22N4.C36H18N6/c1-43-27-18-16-24(17-19-27)38-39-33(13-8-20-44-39)45-42(46-38)48-36-22-26-10-3-2-9-25(26)21-30(36)32-23-31-28-11-4-6-14-34(28)47-35-15-7-5-12-29(35)37(40(31)47)41(32)48;1-21-24-12-4-7-15-30(24)39-37(38-21)41-33-19-23-11-3-2-10-22(23)18-27(33)29-20-28-25-13-5-8-16-31(25)40-32-17-9-6-14-26(32)34(35(28)40)36(29)41;1-37-35-32-27(13-8-16-38-32)39-36(40-35)42-30-18-21-10-3-2-9-20(21)17-24(30)26-19-25-22-11-4-6-14-28(22)41-29-15-7-5-12-23(29)31(33(25)41)34(26)42/h2-23H;2-20H,1H3;2-19H. The highest BCUT2D eigenvalue weighted by atomic mass is 15.2. The van der Waals surface area contributed by atoms with Crippen molar-refractivity contribution < 1.29 is 0 Å². The average molecular weight is 1670 g/mol. The van der Waals surface area contributed by atoms with Gasteiger partial charge in [-0.15, -0.1) is 0 Å². The zero-order chi connectivity index (χ0) is 85.9. The molecule has 0 aliphatic carbocycles. The lowest BCUT2D eigenvalue weighted by atomic mass is 10.0. The van der Waals surface area contributed by atoms with Gasteiger partial charge in [-0.25, -0.2) is 24.8 Å². The van der Waals surface area contributed by atoms with Crippen molar-refractivity contribution in [3.05, 3.63) is 387 Å². The van der Waals surface area contributed by atoms with Crippen molar-refractivity contribution in [1.29, 1.82) is 0 Å². The normalized spacial score (nSPS) is 12.3. The van der Waals surface area contributed by atoms with Crippen LogP contribution in [0.15, 0.2) is 358 Å². The molecule has 0 saturated carbocycles. The highest BCUT2D eigenvalue weighted by Crippen LogP contribution is 2.52. The van der Waals surface area contributed by atoms with E-state index >= 15 is 0 Å². The predicted octanol–water partition coefficient (Wildman–Crippen LogP) is 29.0. The van der Waals surface area contributed by atoms with Crippen LogP contribution in [-0.2, 0) is 0 Å².